The van der Waals surface area contributed by atoms with Crippen molar-refractivity contribution in [2.24, 2.45) is 5.73 Å². The maximum absolute atomic E-state index is 11.7. The Morgan fingerprint density at radius 2 is 1.90 bits per heavy atom. The molecular weight excluding hydrogens is 272 g/mol. The van der Waals surface area contributed by atoms with Crippen molar-refractivity contribution in [3.8, 4) is 0 Å². The summed E-state index contributed by atoms with van der Waals surface area (Å²) in [7, 11) is 0. The molecule has 0 aromatic carbocycles. The Kier molecular flexibility index (Phi) is 8.96. The quantitative estimate of drug-likeness (QED) is 0.478. The zero-order chi connectivity index (χ0) is 15.5. The second-order valence-corrected chi connectivity index (χ2v) is 5.32. The van der Waals surface area contributed by atoms with E-state index in [0.29, 0.717) is 32.3 Å². The van der Waals surface area contributed by atoms with Gasteiger partial charge in [-0.05, 0) is 25.8 Å². The first-order valence-corrected chi connectivity index (χ1v) is 7.67. The molecule has 21 heavy (non-hydrogen) atoms. The first kappa shape index (κ1) is 17.9. The van der Waals surface area contributed by atoms with E-state index in [9.17, 15) is 9.59 Å². The molecule has 0 atom stereocenters. The van der Waals surface area contributed by atoms with Gasteiger partial charge in [0.25, 0.3) is 0 Å². The van der Waals surface area contributed by atoms with Gasteiger partial charge in [0, 0.05) is 39.7 Å². The van der Waals surface area contributed by atoms with Gasteiger partial charge in [-0.3, -0.25) is 14.5 Å². The van der Waals surface area contributed by atoms with Crippen LogP contribution < -0.4 is 16.4 Å². The maximum Gasteiger partial charge on any atom is 0.234 e. The van der Waals surface area contributed by atoms with Crippen LogP contribution in [0.1, 0.15) is 26.2 Å². The molecule has 1 aliphatic rings. The van der Waals surface area contributed by atoms with Crippen molar-refractivity contribution in [3.63, 3.8) is 0 Å². The Morgan fingerprint density at radius 1 is 1.24 bits per heavy atom. The Bertz CT molecular complexity index is 317. The molecule has 1 rings (SSSR count). The minimum Gasteiger partial charge on any atom is -0.378 e. The summed E-state index contributed by atoms with van der Waals surface area (Å²) in [6.07, 6.45) is 3.13. The van der Waals surface area contributed by atoms with Gasteiger partial charge >= 0.3 is 0 Å². The molecule has 0 radical (unpaired) electrons. The number of hydrogen-bond acceptors (Lipinski definition) is 5. The zero-order valence-electron chi connectivity index (χ0n) is 12.9. The lowest BCUT2D eigenvalue weighted by Crippen LogP contribution is -2.44. The van der Waals surface area contributed by atoms with Gasteiger partial charge in [-0.15, -0.1) is 0 Å². The van der Waals surface area contributed by atoms with Crippen molar-refractivity contribution in [1.29, 1.82) is 0 Å². The van der Waals surface area contributed by atoms with Crippen LogP contribution in [0.5, 0.6) is 0 Å². The van der Waals surface area contributed by atoms with Gasteiger partial charge in [0.2, 0.25) is 11.8 Å². The monoisotopic (exact) mass is 300 g/mol. The van der Waals surface area contributed by atoms with E-state index in [1.54, 1.807) is 0 Å². The molecule has 7 nitrogen and oxygen atoms in total. The molecule has 7 heteroatoms. The molecule has 1 aliphatic heterocycles. The number of nitrogens with one attached hydrogen (secondary N) is 2. The minimum atomic E-state index is -0.0824. The molecule has 0 saturated carbocycles. The van der Waals surface area contributed by atoms with Crippen molar-refractivity contribution in [2.45, 2.75) is 32.3 Å². The summed E-state index contributed by atoms with van der Waals surface area (Å²) in [5.74, 6) is -0.0798. The average molecular weight is 300 g/mol. The average Bonchev–Trinajstić information content (AvgIpc) is 2.45. The van der Waals surface area contributed by atoms with Crippen LogP contribution in [0.2, 0.25) is 0 Å². The molecule has 0 aromatic heterocycles. The van der Waals surface area contributed by atoms with Gasteiger partial charge in [-0.1, -0.05) is 0 Å². The predicted octanol–water partition coefficient (Wildman–Crippen LogP) is -0.931. The standard InChI is InChI=1S/C14H28N4O3/c1-12(19)16-6-7-17-14(20)11-18-8-3-13(4-9-18)21-10-2-5-15/h13H,2-11,15H2,1H3,(H,16,19)(H,17,20). The van der Waals surface area contributed by atoms with Crippen molar-refractivity contribution in [1.82, 2.24) is 15.5 Å². The molecule has 122 valence electrons. The number of likely N-dealkylation sites (tertiary alicyclic amines) is 1. The number of ether oxygens (including phenoxy) is 1. The SMILES string of the molecule is CC(=O)NCCNC(=O)CN1CCC(OCCCN)CC1. The van der Waals surface area contributed by atoms with Crippen molar-refractivity contribution in [2.75, 3.05) is 45.9 Å². The van der Waals surface area contributed by atoms with E-state index >= 15 is 0 Å². The lowest BCUT2D eigenvalue weighted by atomic mass is 10.1. The summed E-state index contributed by atoms with van der Waals surface area (Å²) in [5, 5.41) is 5.44. The molecule has 0 aromatic rings. The largest absolute Gasteiger partial charge is 0.378 e. The second kappa shape index (κ2) is 10.5. The molecule has 0 spiro atoms. The number of amides is 2. The summed E-state index contributed by atoms with van der Waals surface area (Å²) in [6, 6.07) is 0. The Morgan fingerprint density at radius 3 is 2.52 bits per heavy atom. The number of rotatable bonds is 9. The molecule has 0 unspecified atom stereocenters. The van der Waals surface area contributed by atoms with E-state index in [4.69, 9.17) is 10.5 Å². The molecule has 1 saturated heterocycles. The molecular formula is C14H28N4O3. The summed E-state index contributed by atoms with van der Waals surface area (Å²) >= 11 is 0. The fourth-order valence-corrected chi connectivity index (χ4v) is 2.27. The van der Waals surface area contributed by atoms with Crippen molar-refractivity contribution >= 4 is 11.8 Å². The third kappa shape index (κ3) is 8.64. The van der Waals surface area contributed by atoms with Crippen LogP contribution in [0, 0.1) is 0 Å². The van der Waals surface area contributed by atoms with E-state index in [2.05, 4.69) is 15.5 Å². The number of hydrogen-bond donors (Lipinski definition) is 3. The topological polar surface area (TPSA) is 96.7 Å². The first-order valence-electron chi connectivity index (χ1n) is 7.67. The van der Waals surface area contributed by atoms with Crippen LogP contribution in [0.25, 0.3) is 0 Å². The maximum atomic E-state index is 11.7. The Balaban J connectivity index is 2.06. The van der Waals surface area contributed by atoms with Crippen molar-refractivity contribution < 1.29 is 14.3 Å². The zero-order valence-corrected chi connectivity index (χ0v) is 12.9. The van der Waals surface area contributed by atoms with E-state index in [-0.39, 0.29) is 11.8 Å². The Hall–Kier alpha value is -1.18. The third-order valence-electron chi connectivity index (χ3n) is 3.42. The summed E-state index contributed by atoms with van der Waals surface area (Å²) < 4.78 is 5.73. The normalized spacial score (nSPS) is 16.7. The van der Waals surface area contributed by atoms with Crippen LogP contribution in [0.3, 0.4) is 0 Å². The van der Waals surface area contributed by atoms with E-state index in [1.807, 2.05) is 0 Å². The van der Waals surface area contributed by atoms with Crippen LogP contribution >= 0.6 is 0 Å². The van der Waals surface area contributed by atoms with E-state index in [1.165, 1.54) is 6.92 Å². The van der Waals surface area contributed by atoms with Gasteiger partial charge in [-0.25, -0.2) is 0 Å². The highest BCUT2D eigenvalue weighted by Crippen LogP contribution is 2.13. The highest BCUT2D eigenvalue weighted by molar-refractivity contribution is 5.78. The lowest BCUT2D eigenvalue weighted by molar-refractivity contribution is -0.123. The molecule has 0 aliphatic carbocycles. The molecule has 4 N–H and O–H groups in total. The molecule has 1 fully saturated rings. The first-order chi connectivity index (χ1) is 10.1. The van der Waals surface area contributed by atoms with Gasteiger partial charge < -0.3 is 21.1 Å². The smallest absolute Gasteiger partial charge is 0.234 e. The second-order valence-electron chi connectivity index (χ2n) is 5.32. The highest BCUT2D eigenvalue weighted by Gasteiger charge is 2.20. The lowest BCUT2D eigenvalue weighted by Gasteiger charge is -2.31. The van der Waals surface area contributed by atoms with E-state index in [0.717, 1.165) is 39.0 Å². The fourth-order valence-electron chi connectivity index (χ4n) is 2.27. The predicted molar refractivity (Wildman–Crippen MR) is 80.8 cm³/mol. The van der Waals surface area contributed by atoms with Crippen LogP contribution in [0.15, 0.2) is 0 Å². The van der Waals surface area contributed by atoms with Crippen molar-refractivity contribution in [3.05, 3.63) is 0 Å². The van der Waals surface area contributed by atoms with Crippen LogP contribution in [-0.2, 0) is 14.3 Å². The summed E-state index contributed by atoms with van der Waals surface area (Å²) in [5.41, 5.74) is 5.43. The van der Waals surface area contributed by atoms with E-state index < -0.39 is 0 Å². The summed E-state index contributed by atoms with van der Waals surface area (Å²) in [4.78, 5) is 24.6. The van der Waals surface area contributed by atoms with Gasteiger partial charge in [0.1, 0.15) is 0 Å². The number of carbonyl (C=O) groups excluding carboxylic acids is 2. The number of carbonyl (C=O) groups is 2. The Labute approximate surface area is 126 Å². The minimum absolute atomic E-state index is 0.00264. The fraction of sp³-hybridized carbons (Fsp3) is 0.857. The van der Waals surface area contributed by atoms with Gasteiger partial charge in [0.05, 0.1) is 12.6 Å². The molecule has 0 bridgehead atoms. The van der Waals surface area contributed by atoms with Crippen LogP contribution in [-0.4, -0.2) is 68.7 Å². The number of nitrogens with zero attached hydrogens (tertiary/aromatic N) is 1. The summed E-state index contributed by atoms with van der Waals surface area (Å²) in [6.45, 7) is 5.97. The van der Waals surface area contributed by atoms with Crippen LogP contribution in [0.4, 0.5) is 0 Å². The van der Waals surface area contributed by atoms with Gasteiger partial charge in [0.15, 0.2) is 0 Å². The van der Waals surface area contributed by atoms with Gasteiger partial charge in [-0.2, -0.15) is 0 Å². The molecule has 1 heterocycles. The molecule has 2 amide bonds. The number of piperidine rings is 1. The number of nitrogens with two attached hydrogens (primary N) is 1. The third-order valence-corrected chi connectivity index (χ3v) is 3.42. The highest BCUT2D eigenvalue weighted by atomic mass is 16.5.